The Bertz CT molecular complexity index is 668. The van der Waals surface area contributed by atoms with Gasteiger partial charge in [0, 0.05) is 16.1 Å². The Kier molecular flexibility index (Phi) is 4.67. The predicted octanol–water partition coefficient (Wildman–Crippen LogP) is 4.75. The highest BCUT2D eigenvalue weighted by Crippen LogP contribution is 2.35. The molecule has 0 saturated carbocycles. The lowest BCUT2D eigenvalue weighted by Gasteiger charge is -2.10. The molecule has 2 aromatic carbocycles. The van der Waals surface area contributed by atoms with E-state index >= 15 is 0 Å². The van der Waals surface area contributed by atoms with Crippen molar-refractivity contribution in [3.63, 3.8) is 0 Å². The molecule has 1 atom stereocenters. The number of rotatable bonds is 4. The molecule has 0 bridgehead atoms. The summed E-state index contributed by atoms with van der Waals surface area (Å²) in [6.45, 7) is 1.52. The van der Waals surface area contributed by atoms with Gasteiger partial charge in [-0.25, -0.2) is 0 Å². The lowest BCUT2D eigenvalue weighted by Crippen LogP contribution is -1.97. The molecule has 0 spiro atoms. The fourth-order valence-corrected chi connectivity index (χ4v) is 2.24. The molecule has 0 saturated heterocycles. The number of aliphatic hydroxyl groups excluding tert-OH is 1. The first kappa shape index (κ1) is 15.6. The minimum Gasteiger partial charge on any atom is -0.450 e. The van der Waals surface area contributed by atoms with Crippen LogP contribution in [0.4, 0.5) is 5.69 Å². The summed E-state index contributed by atoms with van der Waals surface area (Å²) in [5.74, 6) is 0.336. The number of nitro groups is 1. The number of hydrogen-bond donors (Lipinski definition) is 1. The maximum atomic E-state index is 11.1. The second-order valence-electron chi connectivity index (χ2n) is 4.37. The number of hydrogen-bond acceptors (Lipinski definition) is 4. The summed E-state index contributed by atoms with van der Waals surface area (Å²) < 4.78 is 5.48. The molecule has 21 heavy (non-hydrogen) atoms. The van der Waals surface area contributed by atoms with Crippen molar-refractivity contribution in [3.05, 3.63) is 62.1 Å². The van der Waals surface area contributed by atoms with Crippen molar-refractivity contribution in [1.29, 1.82) is 0 Å². The smallest absolute Gasteiger partial charge is 0.311 e. The SMILES string of the molecule is C[C@@H](O)c1ccc(Oc2cc(Cl)cc(Cl)c2)c([N+](=O)[O-])c1. The summed E-state index contributed by atoms with van der Waals surface area (Å²) in [7, 11) is 0. The van der Waals surface area contributed by atoms with Gasteiger partial charge in [-0.05, 0) is 36.8 Å². The largest absolute Gasteiger partial charge is 0.450 e. The molecule has 5 nitrogen and oxygen atoms in total. The maximum Gasteiger partial charge on any atom is 0.311 e. The summed E-state index contributed by atoms with van der Waals surface area (Å²) in [6, 6.07) is 8.78. The van der Waals surface area contributed by atoms with Gasteiger partial charge in [-0.15, -0.1) is 0 Å². The standard InChI is InChI=1S/C14H11Cl2NO4/c1-8(18)9-2-3-14(13(4-9)17(19)20)21-12-6-10(15)5-11(16)7-12/h2-8,18H,1H3/t8-/m1/s1. The van der Waals surface area contributed by atoms with Gasteiger partial charge in [0.2, 0.25) is 5.75 Å². The molecular weight excluding hydrogens is 317 g/mol. The van der Waals surface area contributed by atoms with Crippen LogP contribution in [0.1, 0.15) is 18.6 Å². The van der Waals surface area contributed by atoms with E-state index in [1.807, 2.05) is 0 Å². The number of benzene rings is 2. The molecule has 7 heteroatoms. The number of aliphatic hydroxyl groups is 1. The fraction of sp³-hybridized carbons (Fsp3) is 0.143. The molecule has 2 rings (SSSR count). The molecule has 0 radical (unpaired) electrons. The second-order valence-corrected chi connectivity index (χ2v) is 5.24. The van der Waals surface area contributed by atoms with E-state index in [9.17, 15) is 15.2 Å². The van der Waals surface area contributed by atoms with Crippen molar-refractivity contribution in [1.82, 2.24) is 0 Å². The van der Waals surface area contributed by atoms with Gasteiger partial charge in [0.25, 0.3) is 0 Å². The van der Waals surface area contributed by atoms with E-state index in [0.29, 0.717) is 21.4 Å². The van der Waals surface area contributed by atoms with Gasteiger partial charge in [-0.1, -0.05) is 29.3 Å². The molecule has 1 N–H and O–H groups in total. The number of nitro benzene ring substituents is 1. The van der Waals surface area contributed by atoms with Crippen LogP contribution in [-0.2, 0) is 0 Å². The van der Waals surface area contributed by atoms with Crippen LogP contribution in [-0.4, -0.2) is 10.0 Å². The molecule has 0 aliphatic heterocycles. The Morgan fingerprint density at radius 2 is 1.81 bits per heavy atom. The molecule has 0 aromatic heterocycles. The second kappa shape index (κ2) is 6.30. The Balaban J connectivity index is 2.41. The van der Waals surface area contributed by atoms with E-state index in [-0.39, 0.29) is 11.4 Å². The summed E-state index contributed by atoms with van der Waals surface area (Å²) in [6.07, 6.45) is -0.807. The zero-order valence-corrected chi connectivity index (χ0v) is 12.4. The Labute approximate surface area is 130 Å². The van der Waals surface area contributed by atoms with E-state index < -0.39 is 11.0 Å². The van der Waals surface area contributed by atoms with Crippen LogP contribution < -0.4 is 4.74 Å². The third-order valence-corrected chi connectivity index (χ3v) is 3.16. The van der Waals surface area contributed by atoms with Crippen LogP contribution in [0.15, 0.2) is 36.4 Å². The Morgan fingerprint density at radius 3 is 2.33 bits per heavy atom. The van der Waals surface area contributed by atoms with Crippen molar-refractivity contribution >= 4 is 28.9 Å². The molecule has 0 unspecified atom stereocenters. The summed E-state index contributed by atoms with van der Waals surface area (Å²) in [4.78, 5) is 10.5. The van der Waals surface area contributed by atoms with Crippen LogP contribution in [0.3, 0.4) is 0 Å². The molecule has 0 aliphatic carbocycles. The van der Waals surface area contributed by atoms with E-state index in [4.69, 9.17) is 27.9 Å². The van der Waals surface area contributed by atoms with Crippen molar-refractivity contribution in [2.45, 2.75) is 13.0 Å². The van der Waals surface area contributed by atoms with Crippen LogP contribution in [0.2, 0.25) is 10.0 Å². The molecule has 0 heterocycles. The van der Waals surface area contributed by atoms with E-state index in [2.05, 4.69) is 0 Å². The van der Waals surface area contributed by atoms with Crippen LogP contribution in [0, 0.1) is 10.1 Å². The van der Waals surface area contributed by atoms with E-state index in [1.165, 1.54) is 37.3 Å². The summed E-state index contributed by atoms with van der Waals surface area (Å²) in [5.41, 5.74) is 0.183. The van der Waals surface area contributed by atoms with Crippen molar-refractivity contribution in [2.75, 3.05) is 0 Å². The molecule has 0 aliphatic rings. The Hall–Kier alpha value is -1.82. The predicted molar refractivity (Wildman–Crippen MR) is 80.3 cm³/mol. The summed E-state index contributed by atoms with van der Waals surface area (Å²) in [5, 5.41) is 21.3. The molecule has 0 amide bonds. The van der Waals surface area contributed by atoms with Gasteiger partial charge in [-0.2, -0.15) is 0 Å². The number of ether oxygens (including phenoxy) is 1. The zero-order valence-electron chi connectivity index (χ0n) is 10.9. The van der Waals surface area contributed by atoms with Gasteiger partial charge in [0.05, 0.1) is 11.0 Å². The first-order valence-electron chi connectivity index (χ1n) is 5.97. The molecule has 0 fully saturated rings. The lowest BCUT2D eigenvalue weighted by molar-refractivity contribution is -0.385. The fourth-order valence-electron chi connectivity index (χ4n) is 1.74. The highest BCUT2D eigenvalue weighted by Gasteiger charge is 2.18. The normalized spacial score (nSPS) is 12.0. The monoisotopic (exact) mass is 327 g/mol. The molecule has 110 valence electrons. The highest BCUT2D eigenvalue weighted by molar-refractivity contribution is 6.34. The molecule has 2 aromatic rings. The number of halogens is 2. The van der Waals surface area contributed by atoms with E-state index in [1.54, 1.807) is 6.07 Å². The molecular formula is C14H11Cl2NO4. The first-order valence-corrected chi connectivity index (χ1v) is 6.73. The maximum absolute atomic E-state index is 11.1. The quantitative estimate of drug-likeness (QED) is 0.649. The van der Waals surface area contributed by atoms with Crippen molar-refractivity contribution < 1.29 is 14.8 Å². The van der Waals surface area contributed by atoms with Gasteiger partial charge in [0.1, 0.15) is 5.75 Å². The van der Waals surface area contributed by atoms with Crippen molar-refractivity contribution in [2.24, 2.45) is 0 Å². The van der Waals surface area contributed by atoms with Crippen LogP contribution in [0.25, 0.3) is 0 Å². The Morgan fingerprint density at radius 1 is 1.19 bits per heavy atom. The van der Waals surface area contributed by atoms with Crippen molar-refractivity contribution in [3.8, 4) is 11.5 Å². The zero-order chi connectivity index (χ0) is 15.6. The number of nitrogens with zero attached hydrogens (tertiary/aromatic N) is 1. The van der Waals surface area contributed by atoms with Crippen LogP contribution >= 0.6 is 23.2 Å². The minimum atomic E-state index is -0.807. The average molecular weight is 328 g/mol. The van der Waals surface area contributed by atoms with Gasteiger partial charge in [-0.3, -0.25) is 10.1 Å². The summed E-state index contributed by atoms with van der Waals surface area (Å²) >= 11 is 11.7. The lowest BCUT2D eigenvalue weighted by atomic mass is 10.1. The topological polar surface area (TPSA) is 72.6 Å². The average Bonchev–Trinajstić information content (AvgIpc) is 2.37. The van der Waals surface area contributed by atoms with Gasteiger partial charge < -0.3 is 9.84 Å². The third-order valence-electron chi connectivity index (χ3n) is 2.73. The minimum absolute atomic E-state index is 0.0442. The first-order chi connectivity index (χ1) is 9.86. The van der Waals surface area contributed by atoms with E-state index in [0.717, 1.165) is 0 Å². The van der Waals surface area contributed by atoms with Gasteiger partial charge >= 0.3 is 5.69 Å². The van der Waals surface area contributed by atoms with Crippen LogP contribution in [0.5, 0.6) is 11.5 Å². The third kappa shape index (κ3) is 3.85. The van der Waals surface area contributed by atoms with Gasteiger partial charge in [0.15, 0.2) is 0 Å². The highest BCUT2D eigenvalue weighted by atomic mass is 35.5.